The van der Waals surface area contributed by atoms with Crippen LogP contribution < -0.4 is 0 Å². The molecule has 1 N–H and O–H groups in total. The van der Waals surface area contributed by atoms with E-state index in [4.69, 9.17) is 9.97 Å². The average molecular weight is 754 g/mol. The van der Waals surface area contributed by atoms with E-state index in [1.165, 1.54) is 27.4 Å². The molecule has 0 radical (unpaired) electrons. The smallest absolute Gasteiger partial charge is 0.124 e. The van der Waals surface area contributed by atoms with Gasteiger partial charge in [-0.05, 0) is 99.3 Å². The molecule has 0 aliphatic rings. The molecular weight excluding hydrogens is 707 g/mol. The van der Waals surface area contributed by atoms with E-state index in [-0.39, 0.29) is 16.6 Å². The molecule has 3 heterocycles. The summed E-state index contributed by atoms with van der Waals surface area (Å²) in [6, 6.07) is 57.5. The lowest BCUT2D eigenvalue weighted by molar-refractivity contribution is 0.477. The van der Waals surface area contributed by atoms with E-state index in [0.29, 0.717) is 11.3 Å². The number of para-hydroxylation sites is 3. The highest BCUT2D eigenvalue weighted by Gasteiger charge is 2.21. The molecule has 9 aromatic rings. The van der Waals surface area contributed by atoms with Crippen molar-refractivity contribution >= 4 is 21.8 Å². The van der Waals surface area contributed by atoms with E-state index in [2.05, 4.69) is 186 Å². The Morgan fingerprint density at radius 2 is 1.05 bits per heavy atom. The van der Waals surface area contributed by atoms with Gasteiger partial charge in [-0.1, -0.05) is 145 Å². The van der Waals surface area contributed by atoms with Gasteiger partial charge in [-0.15, -0.1) is 0 Å². The van der Waals surface area contributed by atoms with Gasteiger partial charge in [-0.3, -0.25) is 4.98 Å². The second-order valence-electron chi connectivity index (χ2n) is 17.3. The molecule has 6 aromatic carbocycles. The fraction of sp³-hybridized carbons (Fsp3) is 0.148. The highest BCUT2D eigenvalue weighted by Crippen LogP contribution is 2.43. The van der Waals surface area contributed by atoms with Crippen LogP contribution in [0.4, 0.5) is 0 Å². The molecule has 4 nitrogen and oxygen atoms in total. The van der Waals surface area contributed by atoms with Crippen molar-refractivity contribution < 1.29 is 5.11 Å². The van der Waals surface area contributed by atoms with Crippen LogP contribution in [0.1, 0.15) is 52.7 Å². The van der Waals surface area contributed by atoms with E-state index < -0.39 is 0 Å². The molecule has 0 aliphatic heterocycles. The summed E-state index contributed by atoms with van der Waals surface area (Å²) < 4.78 is 2.42. The maximum Gasteiger partial charge on any atom is 0.124 e. The van der Waals surface area contributed by atoms with Gasteiger partial charge in [0.1, 0.15) is 5.75 Å². The number of phenolic OH excluding ortho intramolecular Hbond substituents is 1. The Labute approximate surface area is 341 Å². The first-order valence-electron chi connectivity index (χ1n) is 20.0. The second-order valence-corrected chi connectivity index (χ2v) is 17.3. The number of hydrogen-bond donors (Lipinski definition) is 1. The number of nitrogens with zero attached hydrogens (tertiary/aromatic N) is 3. The van der Waals surface area contributed by atoms with Crippen LogP contribution in [-0.4, -0.2) is 19.6 Å². The van der Waals surface area contributed by atoms with Crippen molar-refractivity contribution in [3.05, 3.63) is 181 Å². The lowest BCUT2D eigenvalue weighted by Gasteiger charge is -2.20. The van der Waals surface area contributed by atoms with Crippen LogP contribution in [-0.2, 0) is 10.8 Å². The molecular formula is C54H47N3O. The minimum Gasteiger partial charge on any atom is -0.507 e. The van der Waals surface area contributed by atoms with Gasteiger partial charge in [0.2, 0.25) is 0 Å². The molecule has 284 valence electrons. The predicted molar refractivity (Wildman–Crippen MR) is 243 cm³/mol. The molecule has 0 saturated heterocycles. The van der Waals surface area contributed by atoms with Crippen LogP contribution in [0.5, 0.6) is 5.75 Å². The summed E-state index contributed by atoms with van der Waals surface area (Å²) in [6.45, 7) is 13.4. The third-order valence-electron chi connectivity index (χ3n) is 11.3. The second kappa shape index (κ2) is 14.3. The summed E-state index contributed by atoms with van der Waals surface area (Å²) >= 11 is 0. The van der Waals surface area contributed by atoms with Gasteiger partial charge in [0.25, 0.3) is 0 Å². The Hall–Kier alpha value is -6.78. The molecule has 0 saturated carbocycles. The minimum absolute atomic E-state index is 0.000735. The lowest BCUT2D eigenvalue weighted by atomic mass is 9.87. The normalized spacial score (nSPS) is 12.0. The zero-order valence-corrected chi connectivity index (χ0v) is 34.0. The van der Waals surface area contributed by atoms with Gasteiger partial charge in [0.15, 0.2) is 0 Å². The Morgan fingerprint density at radius 1 is 0.448 bits per heavy atom. The van der Waals surface area contributed by atoms with Crippen molar-refractivity contribution in [1.82, 2.24) is 14.5 Å². The zero-order chi connectivity index (χ0) is 40.2. The van der Waals surface area contributed by atoms with Crippen LogP contribution >= 0.6 is 0 Å². The Bertz CT molecular complexity index is 2980. The van der Waals surface area contributed by atoms with Gasteiger partial charge < -0.3 is 9.67 Å². The van der Waals surface area contributed by atoms with Crippen LogP contribution in [0.25, 0.3) is 83.5 Å². The third kappa shape index (κ3) is 6.75. The zero-order valence-electron chi connectivity index (χ0n) is 34.0. The van der Waals surface area contributed by atoms with Gasteiger partial charge in [0.05, 0.1) is 28.1 Å². The van der Waals surface area contributed by atoms with Crippen molar-refractivity contribution in [3.63, 3.8) is 0 Å². The lowest BCUT2D eigenvalue weighted by Crippen LogP contribution is -2.11. The van der Waals surface area contributed by atoms with E-state index in [0.717, 1.165) is 56.0 Å². The van der Waals surface area contributed by atoms with Crippen molar-refractivity contribution in [2.24, 2.45) is 0 Å². The molecule has 58 heavy (non-hydrogen) atoms. The number of pyridine rings is 2. The van der Waals surface area contributed by atoms with Gasteiger partial charge >= 0.3 is 0 Å². The summed E-state index contributed by atoms with van der Waals surface area (Å²) in [4.78, 5) is 10.0. The van der Waals surface area contributed by atoms with Crippen LogP contribution in [0.2, 0.25) is 0 Å². The molecule has 9 rings (SSSR count). The first-order chi connectivity index (χ1) is 27.9. The topological polar surface area (TPSA) is 50.9 Å². The van der Waals surface area contributed by atoms with Crippen molar-refractivity contribution in [2.45, 2.75) is 52.4 Å². The number of aromatic nitrogens is 3. The largest absolute Gasteiger partial charge is 0.507 e. The molecule has 0 spiro atoms. The van der Waals surface area contributed by atoms with E-state index in [1.807, 2.05) is 24.4 Å². The summed E-state index contributed by atoms with van der Waals surface area (Å²) in [5.74, 6) is 0.190. The van der Waals surface area contributed by atoms with E-state index >= 15 is 0 Å². The number of hydrogen-bond acceptors (Lipinski definition) is 3. The van der Waals surface area contributed by atoms with Crippen LogP contribution in [0, 0.1) is 0 Å². The molecule has 0 atom stereocenters. The van der Waals surface area contributed by atoms with Crippen LogP contribution in [0.15, 0.2) is 170 Å². The molecule has 3 aromatic heterocycles. The number of aromatic hydroxyl groups is 1. The summed E-state index contributed by atoms with van der Waals surface area (Å²) in [5, 5.41) is 13.6. The minimum atomic E-state index is 0.000735. The predicted octanol–water partition coefficient (Wildman–Crippen LogP) is 14.2. The molecule has 0 unspecified atom stereocenters. The monoisotopic (exact) mass is 753 g/mol. The summed E-state index contributed by atoms with van der Waals surface area (Å²) in [5.41, 5.74) is 15.5. The maximum absolute atomic E-state index is 11.1. The van der Waals surface area contributed by atoms with Crippen molar-refractivity contribution in [3.8, 4) is 67.5 Å². The van der Waals surface area contributed by atoms with Gasteiger partial charge in [-0.2, -0.15) is 0 Å². The highest BCUT2D eigenvalue weighted by molar-refractivity contribution is 6.14. The third-order valence-corrected chi connectivity index (χ3v) is 11.3. The maximum atomic E-state index is 11.1. The van der Waals surface area contributed by atoms with E-state index in [1.54, 1.807) is 6.07 Å². The average Bonchev–Trinajstić information content (AvgIpc) is 3.58. The SMILES string of the molecule is CC(C)(C)c1ccc(-n2c3ccccc3c3cccc(-c4ccccc4-c4cc(-c5cccc(-c6cc(C(C)(C)C)ccn6)c5)nc(-c5ccccc5O)c4)c32)cc1. The molecule has 4 heteroatoms. The van der Waals surface area contributed by atoms with Gasteiger partial charge in [-0.25, -0.2) is 4.98 Å². The summed E-state index contributed by atoms with van der Waals surface area (Å²) in [7, 11) is 0. The highest BCUT2D eigenvalue weighted by atomic mass is 16.3. The fourth-order valence-electron chi connectivity index (χ4n) is 8.14. The number of benzene rings is 6. The quantitative estimate of drug-likeness (QED) is 0.184. The number of fused-ring (bicyclic) bond motifs is 3. The van der Waals surface area contributed by atoms with E-state index in [9.17, 15) is 5.11 Å². The molecule has 0 bridgehead atoms. The molecule has 0 aliphatic carbocycles. The summed E-state index contributed by atoms with van der Waals surface area (Å²) in [6.07, 6.45) is 1.90. The van der Waals surface area contributed by atoms with Crippen molar-refractivity contribution in [1.29, 1.82) is 0 Å². The first kappa shape index (κ1) is 36.8. The van der Waals surface area contributed by atoms with Crippen molar-refractivity contribution in [2.75, 3.05) is 0 Å². The first-order valence-corrected chi connectivity index (χ1v) is 20.0. The Morgan fingerprint density at radius 3 is 1.79 bits per heavy atom. The number of phenols is 1. The Kier molecular flexibility index (Phi) is 9.09. The van der Waals surface area contributed by atoms with Gasteiger partial charge in [0, 0.05) is 44.9 Å². The molecule has 0 fully saturated rings. The standard InChI is InChI=1S/C54H47N3O/c1-53(2,3)38-25-27-40(28-26-38)57-50-23-11-9-19-43(50)45-22-14-21-44(52(45)57)42-18-8-7-17-41(42)37-32-48(56-49(33-37)46-20-10-12-24-51(46)58)36-16-13-15-35(31-36)47-34-39(29-30-55-47)54(4,5)6/h7-34,58H,1-6H3. The Balaban J connectivity index is 1.26. The van der Waals surface area contributed by atoms with Crippen LogP contribution in [0.3, 0.4) is 0 Å². The number of rotatable bonds is 6. The molecule has 0 amide bonds. The fourth-order valence-corrected chi connectivity index (χ4v) is 8.14.